The second kappa shape index (κ2) is 6.12. The van der Waals surface area contributed by atoms with E-state index in [4.69, 9.17) is 0 Å². The molecule has 110 valence electrons. The minimum atomic E-state index is -4.39. The summed E-state index contributed by atoms with van der Waals surface area (Å²) in [5, 5.41) is 0. The van der Waals surface area contributed by atoms with Crippen molar-refractivity contribution in [2.75, 3.05) is 0 Å². The SMILES string of the molecule is CCc1ccccc1C(=O)Cc1cccc(C(F)(F)F)c1. The quantitative estimate of drug-likeness (QED) is 0.747. The number of benzene rings is 2. The second-order valence-corrected chi connectivity index (χ2v) is 4.81. The van der Waals surface area contributed by atoms with E-state index in [-0.39, 0.29) is 12.2 Å². The van der Waals surface area contributed by atoms with Crippen LogP contribution in [0.4, 0.5) is 13.2 Å². The molecule has 4 heteroatoms. The third kappa shape index (κ3) is 3.72. The molecule has 0 N–H and O–H groups in total. The van der Waals surface area contributed by atoms with Crippen LogP contribution in [0.1, 0.15) is 34.0 Å². The fourth-order valence-electron chi connectivity index (χ4n) is 2.24. The van der Waals surface area contributed by atoms with Crippen molar-refractivity contribution in [3.8, 4) is 0 Å². The zero-order valence-electron chi connectivity index (χ0n) is 11.6. The summed E-state index contributed by atoms with van der Waals surface area (Å²) in [6, 6.07) is 12.1. The average Bonchev–Trinajstić information content (AvgIpc) is 2.46. The van der Waals surface area contributed by atoms with Crippen molar-refractivity contribution in [3.05, 3.63) is 70.8 Å². The van der Waals surface area contributed by atoms with Crippen LogP contribution in [-0.4, -0.2) is 5.78 Å². The number of aryl methyl sites for hydroxylation is 1. The van der Waals surface area contributed by atoms with Crippen LogP contribution in [0.15, 0.2) is 48.5 Å². The van der Waals surface area contributed by atoms with Crippen LogP contribution < -0.4 is 0 Å². The Bertz CT molecular complexity index is 644. The van der Waals surface area contributed by atoms with E-state index in [9.17, 15) is 18.0 Å². The van der Waals surface area contributed by atoms with E-state index in [1.165, 1.54) is 6.07 Å². The van der Waals surface area contributed by atoms with E-state index in [1.54, 1.807) is 18.2 Å². The second-order valence-electron chi connectivity index (χ2n) is 4.81. The fourth-order valence-corrected chi connectivity index (χ4v) is 2.24. The third-order valence-corrected chi connectivity index (χ3v) is 3.32. The van der Waals surface area contributed by atoms with Gasteiger partial charge in [0.25, 0.3) is 0 Å². The first kappa shape index (κ1) is 15.3. The van der Waals surface area contributed by atoms with Crippen LogP contribution in [-0.2, 0) is 19.0 Å². The van der Waals surface area contributed by atoms with E-state index < -0.39 is 11.7 Å². The Morgan fingerprint density at radius 1 is 1.05 bits per heavy atom. The highest BCUT2D eigenvalue weighted by Crippen LogP contribution is 2.29. The van der Waals surface area contributed by atoms with Gasteiger partial charge in [0.05, 0.1) is 5.56 Å². The van der Waals surface area contributed by atoms with E-state index in [1.807, 2.05) is 19.1 Å². The number of hydrogen-bond acceptors (Lipinski definition) is 1. The number of ketones is 1. The smallest absolute Gasteiger partial charge is 0.294 e. The van der Waals surface area contributed by atoms with Crippen molar-refractivity contribution in [2.24, 2.45) is 0 Å². The summed E-state index contributed by atoms with van der Waals surface area (Å²) in [7, 11) is 0. The summed E-state index contributed by atoms with van der Waals surface area (Å²) in [4.78, 5) is 12.3. The maximum atomic E-state index is 12.7. The number of alkyl halides is 3. The minimum absolute atomic E-state index is 0.0269. The van der Waals surface area contributed by atoms with Crippen molar-refractivity contribution < 1.29 is 18.0 Å². The van der Waals surface area contributed by atoms with Crippen LogP contribution in [0.2, 0.25) is 0 Å². The van der Waals surface area contributed by atoms with Crippen molar-refractivity contribution in [2.45, 2.75) is 25.9 Å². The number of carbonyl (C=O) groups excluding carboxylic acids is 1. The molecule has 0 saturated carbocycles. The minimum Gasteiger partial charge on any atom is -0.294 e. The Hall–Kier alpha value is -2.10. The zero-order valence-corrected chi connectivity index (χ0v) is 11.6. The van der Waals surface area contributed by atoms with Crippen molar-refractivity contribution in [1.82, 2.24) is 0 Å². The first-order valence-electron chi connectivity index (χ1n) is 6.69. The lowest BCUT2D eigenvalue weighted by Gasteiger charge is -2.10. The van der Waals surface area contributed by atoms with Crippen LogP contribution in [0, 0.1) is 0 Å². The number of carbonyl (C=O) groups is 1. The van der Waals surface area contributed by atoms with Gasteiger partial charge in [-0.05, 0) is 23.6 Å². The van der Waals surface area contributed by atoms with Gasteiger partial charge in [0.15, 0.2) is 5.78 Å². The molecule has 2 aromatic carbocycles. The first-order valence-corrected chi connectivity index (χ1v) is 6.69. The summed E-state index contributed by atoms with van der Waals surface area (Å²) in [6.07, 6.45) is -3.70. The molecule has 0 aliphatic carbocycles. The van der Waals surface area contributed by atoms with Crippen LogP contribution in [0.25, 0.3) is 0 Å². The van der Waals surface area contributed by atoms with Crippen molar-refractivity contribution in [1.29, 1.82) is 0 Å². The Morgan fingerprint density at radius 2 is 1.76 bits per heavy atom. The van der Waals surface area contributed by atoms with Crippen LogP contribution in [0.3, 0.4) is 0 Å². The lowest BCUT2D eigenvalue weighted by atomic mass is 9.96. The molecule has 0 aliphatic heterocycles. The molecule has 0 fully saturated rings. The van der Waals surface area contributed by atoms with Gasteiger partial charge in [-0.2, -0.15) is 13.2 Å². The Balaban J connectivity index is 2.24. The molecule has 0 saturated heterocycles. The number of Topliss-reactive ketones (excluding diaryl/α,β-unsaturated/α-hetero) is 1. The zero-order chi connectivity index (χ0) is 15.5. The highest BCUT2D eigenvalue weighted by atomic mass is 19.4. The normalized spacial score (nSPS) is 11.4. The predicted octanol–water partition coefficient (Wildman–Crippen LogP) is 4.69. The Labute approximate surface area is 121 Å². The molecule has 2 rings (SSSR count). The standard InChI is InChI=1S/C17H15F3O/c1-2-13-7-3-4-9-15(13)16(21)11-12-6-5-8-14(10-12)17(18,19)20/h3-10H,2,11H2,1H3. The molecule has 2 aromatic rings. The molecule has 0 atom stereocenters. The van der Waals surface area contributed by atoms with Gasteiger partial charge in [0.2, 0.25) is 0 Å². The summed E-state index contributed by atoms with van der Waals surface area (Å²) >= 11 is 0. The Kier molecular flexibility index (Phi) is 4.46. The summed E-state index contributed by atoms with van der Waals surface area (Å²) in [5.41, 5.74) is 1.14. The maximum Gasteiger partial charge on any atom is 0.416 e. The van der Waals surface area contributed by atoms with E-state index in [0.29, 0.717) is 17.5 Å². The van der Waals surface area contributed by atoms with Gasteiger partial charge in [0, 0.05) is 12.0 Å². The summed E-state index contributed by atoms with van der Waals surface area (Å²) in [6.45, 7) is 1.94. The molecule has 0 amide bonds. The average molecular weight is 292 g/mol. The largest absolute Gasteiger partial charge is 0.416 e. The highest BCUT2D eigenvalue weighted by molar-refractivity contribution is 5.98. The third-order valence-electron chi connectivity index (χ3n) is 3.32. The predicted molar refractivity (Wildman–Crippen MR) is 75.3 cm³/mol. The van der Waals surface area contributed by atoms with E-state index >= 15 is 0 Å². The fraction of sp³-hybridized carbons (Fsp3) is 0.235. The topological polar surface area (TPSA) is 17.1 Å². The summed E-state index contributed by atoms with van der Waals surface area (Å²) in [5.74, 6) is -0.160. The molecule has 0 heterocycles. The molecule has 0 spiro atoms. The van der Waals surface area contributed by atoms with Gasteiger partial charge >= 0.3 is 6.18 Å². The molecule has 0 bridgehead atoms. The van der Waals surface area contributed by atoms with Gasteiger partial charge < -0.3 is 0 Å². The lowest BCUT2D eigenvalue weighted by molar-refractivity contribution is -0.137. The highest BCUT2D eigenvalue weighted by Gasteiger charge is 2.30. The van der Waals surface area contributed by atoms with Gasteiger partial charge in [-0.1, -0.05) is 49.4 Å². The van der Waals surface area contributed by atoms with Crippen LogP contribution in [0.5, 0.6) is 0 Å². The van der Waals surface area contributed by atoms with Gasteiger partial charge in [-0.25, -0.2) is 0 Å². The summed E-state index contributed by atoms with van der Waals surface area (Å²) < 4.78 is 38.0. The molecule has 0 aromatic heterocycles. The van der Waals surface area contributed by atoms with Crippen LogP contribution >= 0.6 is 0 Å². The van der Waals surface area contributed by atoms with E-state index in [2.05, 4.69) is 0 Å². The number of hydrogen-bond donors (Lipinski definition) is 0. The number of rotatable bonds is 4. The van der Waals surface area contributed by atoms with Crippen molar-refractivity contribution >= 4 is 5.78 Å². The monoisotopic (exact) mass is 292 g/mol. The molecule has 0 aliphatic rings. The molecular formula is C17H15F3O. The van der Waals surface area contributed by atoms with Gasteiger partial charge in [-0.15, -0.1) is 0 Å². The molecule has 1 nitrogen and oxygen atoms in total. The number of halogens is 3. The van der Waals surface area contributed by atoms with E-state index in [0.717, 1.165) is 17.7 Å². The maximum absolute atomic E-state index is 12.7. The molecule has 0 unspecified atom stereocenters. The molecular weight excluding hydrogens is 277 g/mol. The lowest BCUT2D eigenvalue weighted by Crippen LogP contribution is -2.09. The Morgan fingerprint density at radius 3 is 2.43 bits per heavy atom. The first-order chi connectivity index (χ1) is 9.91. The molecule has 21 heavy (non-hydrogen) atoms. The van der Waals surface area contributed by atoms with Crippen molar-refractivity contribution in [3.63, 3.8) is 0 Å². The van der Waals surface area contributed by atoms with Gasteiger partial charge in [-0.3, -0.25) is 4.79 Å². The molecule has 0 radical (unpaired) electrons. The van der Waals surface area contributed by atoms with Gasteiger partial charge in [0.1, 0.15) is 0 Å².